The van der Waals surface area contributed by atoms with E-state index < -0.39 is 0 Å². The number of hydrogen-bond donors (Lipinski definition) is 3. The maximum Gasteiger partial charge on any atom is 0.224 e. The topological polar surface area (TPSA) is 92.5 Å². The van der Waals surface area contributed by atoms with E-state index in [0.717, 1.165) is 17.8 Å². The lowest BCUT2D eigenvalue weighted by atomic mass is 10.2. The van der Waals surface area contributed by atoms with Crippen molar-refractivity contribution in [1.29, 1.82) is 0 Å². The first kappa shape index (κ1) is 11.0. The van der Waals surface area contributed by atoms with Crippen LogP contribution in [-0.4, -0.2) is 26.7 Å². The van der Waals surface area contributed by atoms with E-state index >= 15 is 0 Å². The number of rotatable bonds is 4. The Bertz CT molecular complexity index is 557. The predicted octanol–water partition coefficient (Wildman–Crippen LogP) is 1.76. The van der Waals surface area contributed by atoms with Crippen LogP contribution in [-0.2, 0) is 0 Å². The van der Waals surface area contributed by atoms with Crippen molar-refractivity contribution in [3.63, 3.8) is 0 Å². The number of nitrogens with zero attached hydrogens (tertiary/aromatic N) is 3. The van der Waals surface area contributed by atoms with E-state index in [1.807, 2.05) is 13.0 Å². The Hall–Kier alpha value is -2.11. The van der Waals surface area contributed by atoms with E-state index in [4.69, 9.17) is 5.73 Å². The molecule has 94 valence electrons. The van der Waals surface area contributed by atoms with Gasteiger partial charge < -0.3 is 11.1 Å². The Morgan fingerprint density at radius 3 is 3.00 bits per heavy atom. The molecule has 0 spiro atoms. The van der Waals surface area contributed by atoms with Gasteiger partial charge in [0.2, 0.25) is 5.95 Å². The third-order valence-electron chi connectivity index (χ3n) is 3.04. The van der Waals surface area contributed by atoms with Crippen molar-refractivity contribution >= 4 is 11.8 Å². The van der Waals surface area contributed by atoms with Crippen molar-refractivity contribution in [3.8, 4) is 11.3 Å². The van der Waals surface area contributed by atoms with E-state index in [-0.39, 0.29) is 0 Å². The van der Waals surface area contributed by atoms with Crippen molar-refractivity contribution < 1.29 is 0 Å². The first-order valence-corrected chi connectivity index (χ1v) is 6.20. The number of anilines is 2. The van der Waals surface area contributed by atoms with Crippen molar-refractivity contribution in [3.05, 3.63) is 18.0 Å². The summed E-state index contributed by atoms with van der Waals surface area (Å²) in [6, 6.07) is 2.04. The molecule has 1 saturated carbocycles. The van der Waals surface area contributed by atoms with Crippen LogP contribution in [0, 0.1) is 0 Å². The molecule has 2 aromatic rings. The summed E-state index contributed by atoms with van der Waals surface area (Å²) in [7, 11) is 0. The van der Waals surface area contributed by atoms with Gasteiger partial charge in [0.25, 0.3) is 0 Å². The van der Waals surface area contributed by atoms with Gasteiger partial charge in [-0.15, -0.1) is 0 Å². The molecule has 0 aliphatic heterocycles. The highest BCUT2D eigenvalue weighted by Gasteiger charge is 2.26. The fraction of sp³-hybridized carbons (Fsp3) is 0.417. The zero-order valence-corrected chi connectivity index (χ0v) is 10.3. The first-order valence-electron chi connectivity index (χ1n) is 6.20. The zero-order chi connectivity index (χ0) is 12.5. The molecule has 6 heteroatoms. The fourth-order valence-electron chi connectivity index (χ4n) is 1.91. The van der Waals surface area contributed by atoms with Crippen molar-refractivity contribution in [1.82, 2.24) is 20.2 Å². The Kier molecular flexibility index (Phi) is 2.62. The summed E-state index contributed by atoms with van der Waals surface area (Å²) in [5.74, 6) is 1.65. The van der Waals surface area contributed by atoms with Gasteiger partial charge in [0.15, 0.2) is 0 Å². The van der Waals surface area contributed by atoms with Crippen LogP contribution in [0.4, 0.5) is 11.8 Å². The van der Waals surface area contributed by atoms with Crippen molar-refractivity contribution in [2.75, 3.05) is 17.6 Å². The van der Waals surface area contributed by atoms with Gasteiger partial charge in [0.1, 0.15) is 5.82 Å². The normalized spacial score (nSPS) is 14.7. The van der Waals surface area contributed by atoms with E-state index in [1.165, 1.54) is 18.5 Å². The number of aromatic nitrogens is 4. The molecule has 0 bridgehead atoms. The van der Waals surface area contributed by atoms with Gasteiger partial charge >= 0.3 is 0 Å². The largest absolute Gasteiger partial charge is 0.383 e. The van der Waals surface area contributed by atoms with Crippen LogP contribution in [0.2, 0.25) is 0 Å². The molecule has 0 unspecified atom stereocenters. The summed E-state index contributed by atoms with van der Waals surface area (Å²) in [5.41, 5.74) is 8.72. The SMILES string of the molecule is CCNc1ncc(-c2cc(C3CC3)[nH]n2)c(N)n1. The number of hydrogen-bond acceptors (Lipinski definition) is 5. The summed E-state index contributed by atoms with van der Waals surface area (Å²) in [5, 5.41) is 10.4. The highest BCUT2D eigenvalue weighted by molar-refractivity contribution is 5.71. The van der Waals surface area contributed by atoms with Crippen LogP contribution < -0.4 is 11.1 Å². The smallest absolute Gasteiger partial charge is 0.224 e. The molecule has 6 nitrogen and oxygen atoms in total. The van der Waals surface area contributed by atoms with Crippen LogP contribution >= 0.6 is 0 Å². The van der Waals surface area contributed by atoms with E-state index in [0.29, 0.717) is 17.7 Å². The molecular formula is C12H16N6. The number of aromatic amines is 1. The molecule has 4 N–H and O–H groups in total. The minimum atomic E-state index is 0.454. The van der Waals surface area contributed by atoms with E-state index in [1.54, 1.807) is 6.20 Å². The molecule has 2 heterocycles. The number of nitrogens with one attached hydrogen (secondary N) is 2. The predicted molar refractivity (Wildman–Crippen MR) is 70.2 cm³/mol. The van der Waals surface area contributed by atoms with Gasteiger partial charge in [-0.05, 0) is 25.8 Å². The average Bonchev–Trinajstić information content (AvgIpc) is 3.09. The Morgan fingerprint density at radius 1 is 1.50 bits per heavy atom. The van der Waals surface area contributed by atoms with Crippen LogP contribution in [0.25, 0.3) is 11.3 Å². The van der Waals surface area contributed by atoms with E-state index in [2.05, 4.69) is 25.5 Å². The van der Waals surface area contributed by atoms with Crippen molar-refractivity contribution in [2.24, 2.45) is 0 Å². The number of nitrogen functional groups attached to an aromatic ring is 1. The lowest BCUT2D eigenvalue weighted by molar-refractivity contribution is 0.966. The van der Waals surface area contributed by atoms with Gasteiger partial charge in [-0.2, -0.15) is 10.1 Å². The van der Waals surface area contributed by atoms with Crippen LogP contribution in [0.15, 0.2) is 12.3 Å². The summed E-state index contributed by atoms with van der Waals surface area (Å²) in [6.45, 7) is 2.76. The standard InChI is InChI=1S/C12H16N6/c1-2-14-12-15-6-8(11(13)16-12)10-5-9(17-18-10)7-3-4-7/h5-7H,2-4H2,1H3,(H,17,18)(H3,13,14,15,16). The van der Waals surface area contributed by atoms with Gasteiger partial charge in [-0.3, -0.25) is 5.10 Å². The van der Waals surface area contributed by atoms with Gasteiger partial charge in [-0.1, -0.05) is 0 Å². The molecule has 1 aliphatic carbocycles. The summed E-state index contributed by atoms with van der Waals surface area (Å²) >= 11 is 0. The Balaban J connectivity index is 1.90. The minimum absolute atomic E-state index is 0.454. The first-order chi connectivity index (χ1) is 8.78. The van der Waals surface area contributed by atoms with Gasteiger partial charge in [-0.25, -0.2) is 4.98 Å². The Morgan fingerprint density at radius 2 is 2.33 bits per heavy atom. The summed E-state index contributed by atoms with van der Waals surface area (Å²) < 4.78 is 0. The van der Waals surface area contributed by atoms with Crippen LogP contribution in [0.1, 0.15) is 31.4 Å². The third-order valence-corrected chi connectivity index (χ3v) is 3.04. The summed E-state index contributed by atoms with van der Waals surface area (Å²) in [4.78, 5) is 8.43. The maximum absolute atomic E-state index is 5.94. The molecule has 3 rings (SSSR count). The monoisotopic (exact) mass is 244 g/mol. The van der Waals surface area contributed by atoms with Gasteiger partial charge in [0, 0.05) is 24.4 Å². The van der Waals surface area contributed by atoms with Gasteiger partial charge in [0.05, 0.1) is 11.3 Å². The highest BCUT2D eigenvalue weighted by Crippen LogP contribution is 2.40. The molecule has 18 heavy (non-hydrogen) atoms. The third kappa shape index (κ3) is 2.01. The highest BCUT2D eigenvalue weighted by atomic mass is 15.1. The fourth-order valence-corrected chi connectivity index (χ4v) is 1.91. The second kappa shape index (κ2) is 4.29. The zero-order valence-electron chi connectivity index (χ0n) is 10.3. The quantitative estimate of drug-likeness (QED) is 0.762. The molecule has 0 amide bonds. The molecule has 0 radical (unpaired) electrons. The van der Waals surface area contributed by atoms with E-state index in [9.17, 15) is 0 Å². The summed E-state index contributed by atoms with van der Waals surface area (Å²) in [6.07, 6.45) is 4.20. The second-order valence-corrected chi connectivity index (χ2v) is 4.51. The lowest BCUT2D eigenvalue weighted by Crippen LogP contribution is -2.05. The molecule has 0 saturated heterocycles. The Labute approximate surface area is 105 Å². The molecule has 1 fully saturated rings. The van der Waals surface area contributed by atoms with Crippen LogP contribution in [0.5, 0.6) is 0 Å². The second-order valence-electron chi connectivity index (χ2n) is 4.51. The molecule has 0 aromatic carbocycles. The molecule has 0 atom stereocenters. The molecule has 1 aliphatic rings. The number of nitrogens with two attached hydrogens (primary N) is 1. The maximum atomic E-state index is 5.94. The average molecular weight is 244 g/mol. The minimum Gasteiger partial charge on any atom is -0.383 e. The lowest BCUT2D eigenvalue weighted by Gasteiger charge is -2.04. The number of H-pyrrole nitrogens is 1. The van der Waals surface area contributed by atoms with Crippen LogP contribution in [0.3, 0.4) is 0 Å². The molecular weight excluding hydrogens is 228 g/mol. The molecule has 2 aromatic heterocycles. The van der Waals surface area contributed by atoms with Crippen molar-refractivity contribution in [2.45, 2.75) is 25.7 Å².